The highest BCUT2D eigenvalue weighted by Crippen LogP contribution is 2.17. The number of nitrogens with one attached hydrogen (secondary N) is 1. The van der Waals surface area contributed by atoms with Gasteiger partial charge in [-0.1, -0.05) is 30.4 Å². The first-order chi connectivity index (χ1) is 4.47. The molecule has 0 aromatic rings. The topological polar surface area (TPSA) is 12.0 Å². The quantitative estimate of drug-likeness (QED) is 0.505. The molecule has 1 nitrogen and oxygen atoms in total. The Morgan fingerprint density at radius 2 is 1.89 bits per heavy atom. The Morgan fingerprint density at radius 3 is 2.78 bits per heavy atom. The van der Waals surface area contributed by atoms with Crippen molar-refractivity contribution in [3.63, 3.8) is 0 Å². The summed E-state index contributed by atoms with van der Waals surface area (Å²) in [5, 5.41) is 3.24. The van der Waals surface area contributed by atoms with Crippen LogP contribution in [0.3, 0.4) is 0 Å². The van der Waals surface area contributed by atoms with E-state index in [1.54, 1.807) is 0 Å². The van der Waals surface area contributed by atoms with Gasteiger partial charge >= 0.3 is 0 Å². The summed E-state index contributed by atoms with van der Waals surface area (Å²) in [6.45, 7) is 0. The summed E-state index contributed by atoms with van der Waals surface area (Å²) < 4.78 is 0. The maximum absolute atomic E-state index is 3.24. The van der Waals surface area contributed by atoms with E-state index in [0.29, 0.717) is 12.0 Å². The number of hydrogen-bond acceptors (Lipinski definition) is 1. The lowest BCUT2D eigenvalue weighted by Crippen LogP contribution is -2.23. The Labute approximate surface area is 54.8 Å². The van der Waals surface area contributed by atoms with Crippen molar-refractivity contribution in [3.05, 3.63) is 36.6 Å². The van der Waals surface area contributed by atoms with Crippen molar-refractivity contribution in [2.45, 2.75) is 6.04 Å². The number of hydrogen-bond donors (Lipinski definition) is 1. The highest BCUT2D eigenvalue weighted by Gasteiger charge is 2.17. The fourth-order valence-electron chi connectivity index (χ4n) is 1.25. The van der Waals surface area contributed by atoms with E-state index >= 15 is 0 Å². The summed E-state index contributed by atoms with van der Waals surface area (Å²) in [4.78, 5) is 0. The van der Waals surface area contributed by atoms with Crippen molar-refractivity contribution >= 4 is 0 Å². The van der Waals surface area contributed by atoms with Gasteiger partial charge in [0, 0.05) is 5.92 Å². The van der Waals surface area contributed by atoms with Crippen LogP contribution in [-0.2, 0) is 0 Å². The van der Waals surface area contributed by atoms with Gasteiger partial charge in [0.25, 0.3) is 0 Å². The van der Waals surface area contributed by atoms with Gasteiger partial charge < -0.3 is 5.32 Å². The maximum Gasteiger partial charge on any atom is 0.0540 e. The maximum atomic E-state index is 3.24. The number of rotatable bonds is 0. The summed E-state index contributed by atoms with van der Waals surface area (Å²) in [7, 11) is 0. The Morgan fingerprint density at radius 1 is 1.00 bits per heavy atom. The molecule has 0 radical (unpaired) electrons. The molecule has 1 N–H and O–H groups in total. The molecule has 1 unspecified atom stereocenters. The molecule has 0 amide bonds. The van der Waals surface area contributed by atoms with Crippen LogP contribution in [0.4, 0.5) is 0 Å². The second-order valence-corrected chi connectivity index (χ2v) is 2.40. The van der Waals surface area contributed by atoms with E-state index in [4.69, 9.17) is 0 Å². The predicted molar refractivity (Wildman–Crippen MR) is 37.8 cm³/mol. The minimum Gasteiger partial charge on any atom is -0.384 e. The largest absolute Gasteiger partial charge is 0.384 e. The van der Waals surface area contributed by atoms with Crippen LogP contribution in [0.2, 0.25) is 0 Å². The normalized spacial score (nSPS) is 36.4. The summed E-state index contributed by atoms with van der Waals surface area (Å²) in [6, 6.07) is 0.537. The molecule has 1 heteroatoms. The van der Waals surface area contributed by atoms with Gasteiger partial charge in [0.1, 0.15) is 0 Å². The molecule has 2 rings (SSSR count). The first kappa shape index (κ1) is 4.86. The lowest BCUT2D eigenvalue weighted by molar-refractivity contribution is 0.649. The lowest BCUT2D eigenvalue weighted by Gasteiger charge is -2.14. The first-order valence-electron chi connectivity index (χ1n) is 3.24. The van der Waals surface area contributed by atoms with E-state index < -0.39 is 0 Å². The van der Waals surface area contributed by atoms with E-state index in [-0.39, 0.29) is 0 Å². The van der Waals surface area contributed by atoms with Gasteiger partial charge in [-0.25, -0.2) is 0 Å². The monoisotopic (exact) mass is 119 g/mol. The highest BCUT2D eigenvalue weighted by atomic mass is 14.9. The molecule has 9 heavy (non-hydrogen) atoms. The highest BCUT2D eigenvalue weighted by molar-refractivity contribution is 5.25. The SMILES string of the molecule is C1=CC2C=CN[C@@H]2C=C1. The second-order valence-electron chi connectivity index (χ2n) is 2.40. The van der Waals surface area contributed by atoms with Gasteiger partial charge in [0.2, 0.25) is 0 Å². The fraction of sp³-hybridized carbons (Fsp3) is 0.250. The predicted octanol–water partition coefficient (Wildman–Crippen LogP) is 1.21. The van der Waals surface area contributed by atoms with Gasteiger partial charge in [-0.2, -0.15) is 0 Å². The summed E-state index contributed by atoms with van der Waals surface area (Å²) in [5.74, 6) is 0.606. The molecule has 1 aliphatic heterocycles. The molecule has 0 fully saturated rings. The van der Waals surface area contributed by atoms with Crippen LogP contribution < -0.4 is 5.32 Å². The second kappa shape index (κ2) is 1.76. The van der Waals surface area contributed by atoms with Crippen LogP contribution in [0.5, 0.6) is 0 Å². The minimum absolute atomic E-state index is 0.537. The Bertz CT molecular complexity index is 189. The van der Waals surface area contributed by atoms with E-state index in [0.717, 1.165) is 0 Å². The van der Waals surface area contributed by atoms with Crippen LogP contribution in [0, 0.1) is 5.92 Å². The molecule has 46 valence electrons. The molecular formula is C8H9N. The van der Waals surface area contributed by atoms with E-state index in [9.17, 15) is 0 Å². The van der Waals surface area contributed by atoms with Crippen molar-refractivity contribution in [1.29, 1.82) is 0 Å². The molecule has 0 spiro atoms. The Balaban J connectivity index is 2.25. The average molecular weight is 119 g/mol. The zero-order valence-corrected chi connectivity index (χ0v) is 5.12. The third kappa shape index (κ3) is 0.689. The van der Waals surface area contributed by atoms with Crippen LogP contribution >= 0.6 is 0 Å². The van der Waals surface area contributed by atoms with Gasteiger partial charge in [-0.3, -0.25) is 0 Å². The summed E-state index contributed by atoms with van der Waals surface area (Å²) in [6.07, 6.45) is 12.8. The molecule has 0 aromatic heterocycles. The Kier molecular flexibility index (Phi) is 0.950. The van der Waals surface area contributed by atoms with E-state index in [1.165, 1.54) is 0 Å². The molecule has 1 aliphatic carbocycles. The fourth-order valence-corrected chi connectivity index (χ4v) is 1.25. The summed E-state index contributed by atoms with van der Waals surface area (Å²) in [5.41, 5.74) is 0. The minimum atomic E-state index is 0.537. The molecule has 2 aliphatic rings. The van der Waals surface area contributed by atoms with Crippen LogP contribution in [0.15, 0.2) is 36.6 Å². The molecule has 0 bridgehead atoms. The lowest BCUT2D eigenvalue weighted by atomic mass is 9.98. The standard InChI is InChI=1S/C8H9N/c1-2-4-8-7(3-1)5-6-9-8/h1-9H/t7?,8-/m1/s1. The van der Waals surface area contributed by atoms with Gasteiger partial charge in [0.15, 0.2) is 0 Å². The zero-order valence-electron chi connectivity index (χ0n) is 5.12. The third-order valence-corrected chi connectivity index (χ3v) is 1.78. The van der Waals surface area contributed by atoms with Crippen molar-refractivity contribution in [2.24, 2.45) is 5.92 Å². The van der Waals surface area contributed by atoms with Gasteiger partial charge in [-0.05, 0) is 6.20 Å². The number of allylic oxidation sites excluding steroid dienone is 2. The van der Waals surface area contributed by atoms with E-state index in [1.807, 2.05) is 6.20 Å². The number of fused-ring (bicyclic) bond motifs is 1. The Hall–Kier alpha value is -0.980. The summed E-state index contributed by atoms with van der Waals surface area (Å²) >= 11 is 0. The molecule has 0 aromatic carbocycles. The van der Waals surface area contributed by atoms with Crippen molar-refractivity contribution in [3.8, 4) is 0 Å². The van der Waals surface area contributed by atoms with Crippen molar-refractivity contribution in [1.82, 2.24) is 5.32 Å². The van der Waals surface area contributed by atoms with Gasteiger partial charge in [0.05, 0.1) is 6.04 Å². The molecule has 1 heterocycles. The van der Waals surface area contributed by atoms with E-state index in [2.05, 4.69) is 35.7 Å². The van der Waals surface area contributed by atoms with Crippen LogP contribution in [-0.4, -0.2) is 6.04 Å². The average Bonchev–Trinajstić information content (AvgIpc) is 2.33. The third-order valence-electron chi connectivity index (χ3n) is 1.78. The smallest absolute Gasteiger partial charge is 0.0540 e. The molecule has 0 saturated carbocycles. The molecular weight excluding hydrogens is 110 g/mol. The molecule has 2 atom stereocenters. The molecule has 0 saturated heterocycles. The zero-order chi connectivity index (χ0) is 6.10. The van der Waals surface area contributed by atoms with Crippen LogP contribution in [0.25, 0.3) is 0 Å². The first-order valence-corrected chi connectivity index (χ1v) is 3.24. The van der Waals surface area contributed by atoms with Crippen LogP contribution in [0.1, 0.15) is 0 Å². The van der Waals surface area contributed by atoms with Gasteiger partial charge in [-0.15, -0.1) is 0 Å². The van der Waals surface area contributed by atoms with Crippen molar-refractivity contribution < 1.29 is 0 Å². The van der Waals surface area contributed by atoms with Crippen molar-refractivity contribution in [2.75, 3.05) is 0 Å².